The monoisotopic (exact) mass is 256 g/mol. The molecular weight excluding hydrogens is 244 g/mol. The fourth-order valence-electron chi connectivity index (χ4n) is 2.18. The predicted molar refractivity (Wildman–Crippen MR) is 68.1 cm³/mol. The fourth-order valence-corrected chi connectivity index (χ4v) is 2.18. The first kappa shape index (κ1) is 11.6. The van der Waals surface area contributed by atoms with E-state index in [9.17, 15) is 4.79 Å². The summed E-state index contributed by atoms with van der Waals surface area (Å²) in [5, 5.41) is 9.12. The minimum atomic E-state index is -1.28. The van der Waals surface area contributed by atoms with E-state index < -0.39 is 11.8 Å². The second kappa shape index (κ2) is 4.31. The van der Waals surface area contributed by atoms with Gasteiger partial charge >= 0.3 is 5.97 Å². The average Bonchev–Trinajstić information content (AvgIpc) is 2.78. The minimum Gasteiger partial charge on any atom is -0.481 e. The lowest BCUT2D eigenvalue weighted by molar-refractivity contribution is -0.154. The zero-order valence-electron chi connectivity index (χ0n) is 10.1. The number of benzene rings is 2. The van der Waals surface area contributed by atoms with Crippen molar-refractivity contribution in [1.29, 1.82) is 0 Å². The van der Waals surface area contributed by atoms with Crippen LogP contribution >= 0.6 is 0 Å². The molecule has 0 spiro atoms. The molecule has 2 aromatic carbocycles. The first-order chi connectivity index (χ1) is 9.20. The number of carboxylic acid groups (broad SMARTS) is 1. The molecule has 0 aromatic heterocycles. The zero-order valence-corrected chi connectivity index (χ0v) is 10.1. The van der Waals surface area contributed by atoms with Crippen LogP contribution in [0.15, 0.2) is 54.6 Å². The highest BCUT2D eigenvalue weighted by molar-refractivity contribution is 5.69. The standard InChI is InChI=1S/C15H12O4/c16-14(17)10-15(11-6-2-1-3-7-11)18-12-8-4-5-9-13(12)19-15/h1-9H,10H2,(H,16,17). The number of carbonyl (C=O) groups is 1. The van der Waals surface area contributed by atoms with E-state index in [4.69, 9.17) is 14.6 Å². The average molecular weight is 256 g/mol. The maximum atomic E-state index is 11.1. The van der Waals surface area contributed by atoms with Crippen LogP contribution in [0, 0.1) is 0 Å². The molecule has 0 fully saturated rings. The van der Waals surface area contributed by atoms with Crippen LogP contribution in [0.5, 0.6) is 11.5 Å². The van der Waals surface area contributed by atoms with Crippen LogP contribution in [0.2, 0.25) is 0 Å². The third kappa shape index (κ3) is 2.01. The normalized spacial score (nSPS) is 15.2. The van der Waals surface area contributed by atoms with Crippen LogP contribution in [0.3, 0.4) is 0 Å². The highest BCUT2D eigenvalue weighted by Gasteiger charge is 2.45. The highest BCUT2D eigenvalue weighted by atomic mass is 16.7. The summed E-state index contributed by atoms with van der Waals surface area (Å²) >= 11 is 0. The molecule has 96 valence electrons. The highest BCUT2D eigenvalue weighted by Crippen LogP contribution is 2.45. The maximum Gasteiger partial charge on any atom is 0.311 e. The molecule has 4 nitrogen and oxygen atoms in total. The summed E-state index contributed by atoms with van der Waals surface area (Å²) < 4.78 is 11.6. The molecule has 19 heavy (non-hydrogen) atoms. The van der Waals surface area contributed by atoms with E-state index in [1.54, 1.807) is 24.3 Å². The van der Waals surface area contributed by atoms with Crippen LogP contribution < -0.4 is 9.47 Å². The molecule has 1 N–H and O–H groups in total. The maximum absolute atomic E-state index is 11.1. The number of hydrogen-bond acceptors (Lipinski definition) is 3. The molecule has 0 saturated heterocycles. The second-order valence-corrected chi connectivity index (χ2v) is 4.34. The fraction of sp³-hybridized carbons (Fsp3) is 0.133. The van der Waals surface area contributed by atoms with Gasteiger partial charge in [-0.25, -0.2) is 0 Å². The van der Waals surface area contributed by atoms with Crippen LogP contribution in [0.4, 0.5) is 0 Å². The summed E-state index contributed by atoms with van der Waals surface area (Å²) in [6.07, 6.45) is -0.258. The number of hydrogen-bond donors (Lipinski definition) is 1. The molecule has 0 bridgehead atoms. The Bertz CT molecular complexity index is 582. The van der Waals surface area contributed by atoms with Gasteiger partial charge in [0, 0.05) is 5.56 Å². The quantitative estimate of drug-likeness (QED) is 0.917. The Morgan fingerprint density at radius 2 is 1.47 bits per heavy atom. The van der Waals surface area contributed by atoms with Crippen LogP contribution in [0.25, 0.3) is 0 Å². The molecule has 0 radical (unpaired) electrons. The Hall–Kier alpha value is -2.49. The van der Waals surface area contributed by atoms with Gasteiger partial charge in [0.1, 0.15) is 6.42 Å². The lowest BCUT2D eigenvalue weighted by atomic mass is 10.0. The summed E-state index contributed by atoms with van der Waals surface area (Å²) in [5.41, 5.74) is 0.689. The van der Waals surface area contributed by atoms with Gasteiger partial charge in [-0.2, -0.15) is 0 Å². The van der Waals surface area contributed by atoms with Crippen LogP contribution in [0.1, 0.15) is 12.0 Å². The van der Waals surface area contributed by atoms with Crippen molar-refractivity contribution in [2.45, 2.75) is 12.2 Å². The van der Waals surface area contributed by atoms with Crippen LogP contribution in [-0.2, 0) is 10.6 Å². The summed E-state index contributed by atoms with van der Waals surface area (Å²) in [4.78, 5) is 11.1. The Balaban J connectivity index is 2.04. The van der Waals surface area contributed by atoms with E-state index in [-0.39, 0.29) is 6.42 Å². The van der Waals surface area contributed by atoms with Crippen molar-refractivity contribution in [3.05, 3.63) is 60.2 Å². The molecule has 2 aromatic rings. The Morgan fingerprint density at radius 3 is 2.00 bits per heavy atom. The molecule has 3 rings (SSSR count). The molecule has 0 saturated carbocycles. The molecule has 0 amide bonds. The summed E-state index contributed by atoms with van der Waals surface area (Å²) in [6, 6.07) is 16.3. The number of fused-ring (bicyclic) bond motifs is 1. The molecule has 0 aliphatic carbocycles. The largest absolute Gasteiger partial charge is 0.481 e. The van der Waals surface area contributed by atoms with E-state index >= 15 is 0 Å². The first-order valence-corrected chi connectivity index (χ1v) is 5.94. The number of aliphatic carboxylic acids is 1. The first-order valence-electron chi connectivity index (χ1n) is 5.94. The Labute approximate surface area is 110 Å². The van der Waals surface area contributed by atoms with E-state index in [1.165, 1.54) is 0 Å². The van der Waals surface area contributed by atoms with Gasteiger partial charge in [0.25, 0.3) is 5.79 Å². The van der Waals surface area contributed by atoms with Crippen LogP contribution in [-0.4, -0.2) is 11.1 Å². The molecule has 0 unspecified atom stereocenters. The Kier molecular flexibility index (Phi) is 2.63. The van der Waals surface area contributed by atoms with Crippen molar-refractivity contribution in [2.24, 2.45) is 0 Å². The van der Waals surface area contributed by atoms with Gasteiger partial charge in [0.2, 0.25) is 0 Å². The van der Waals surface area contributed by atoms with Gasteiger partial charge in [-0.3, -0.25) is 4.79 Å². The van der Waals surface area contributed by atoms with E-state index in [0.717, 1.165) is 0 Å². The third-order valence-corrected chi connectivity index (χ3v) is 3.00. The van der Waals surface area contributed by atoms with Crippen molar-refractivity contribution in [1.82, 2.24) is 0 Å². The van der Waals surface area contributed by atoms with Crippen molar-refractivity contribution >= 4 is 5.97 Å². The van der Waals surface area contributed by atoms with Crippen molar-refractivity contribution in [3.63, 3.8) is 0 Å². The van der Waals surface area contributed by atoms with E-state index in [2.05, 4.69) is 0 Å². The van der Waals surface area contributed by atoms with Gasteiger partial charge < -0.3 is 14.6 Å². The number of rotatable bonds is 3. The number of ether oxygens (including phenoxy) is 2. The zero-order chi connectivity index (χ0) is 13.3. The third-order valence-electron chi connectivity index (χ3n) is 3.00. The van der Waals surface area contributed by atoms with E-state index in [1.807, 2.05) is 30.3 Å². The molecule has 1 aliphatic rings. The number of para-hydroxylation sites is 2. The molecule has 4 heteroatoms. The Morgan fingerprint density at radius 1 is 0.947 bits per heavy atom. The lowest BCUT2D eigenvalue weighted by Crippen LogP contribution is -2.37. The van der Waals surface area contributed by atoms with E-state index in [0.29, 0.717) is 17.1 Å². The minimum absolute atomic E-state index is 0.258. The summed E-state index contributed by atoms with van der Waals surface area (Å²) in [7, 11) is 0. The number of carboxylic acids is 1. The topological polar surface area (TPSA) is 55.8 Å². The smallest absolute Gasteiger partial charge is 0.311 e. The van der Waals surface area contributed by atoms with Crippen molar-refractivity contribution in [2.75, 3.05) is 0 Å². The van der Waals surface area contributed by atoms with Gasteiger partial charge in [0.05, 0.1) is 0 Å². The van der Waals surface area contributed by atoms with Gasteiger partial charge in [-0.15, -0.1) is 0 Å². The van der Waals surface area contributed by atoms with Gasteiger partial charge in [0.15, 0.2) is 11.5 Å². The summed E-state index contributed by atoms with van der Waals surface area (Å²) in [5.74, 6) is -1.13. The van der Waals surface area contributed by atoms with Crippen molar-refractivity contribution < 1.29 is 19.4 Å². The van der Waals surface area contributed by atoms with Gasteiger partial charge in [-0.05, 0) is 12.1 Å². The predicted octanol–water partition coefficient (Wildman–Crippen LogP) is 2.79. The molecule has 1 heterocycles. The molecule has 0 atom stereocenters. The summed E-state index contributed by atoms with van der Waals surface area (Å²) in [6.45, 7) is 0. The van der Waals surface area contributed by atoms with Gasteiger partial charge in [-0.1, -0.05) is 42.5 Å². The lowest BCUT2D eigenvalue weighted by Gasteiger charge is -2.26. The molecule has 1 aliphatic heterocycles. The second-order valence-electron chi connectivity index (χ2n) is 4.34. The SMILES string of the molecule is O=C(O)CC1(c2ccccc2)Oc2ccccc2O1. The van der Waals surface area contributed by atoms with Crippen molar-refractivity contribution in [3.8, 4) is 11.5 Å². The molecular formula is C15H12O4.